The first-order valence-electron chi connectivity index (χ1n) is 21.3. The van der Waals surface area contributed by atoms with E-state index in [2.05, 4.69) is 24.5 Å². The summed E-state index contributed by atoms with van der Waals surface area (Å²) in [6, 6.07) is 24.5. The fourth-order valence-electron chi connectivity index (χ4n) is 7.32. The van der Waals surface area contributed by atoms with Crippen LogP contribution in [0.5, 0.6) is 11.5 Å². The lowest BCUT2D eigenvalue weighted by Gasteiger charge is -2.46. The smallest absolute Gasteiger partial charge is 0.246 e. The van der Waals surface area contributed by atoms with Gasteiger partial charge < -0.3 is 59.8 Å². The summed E-state index contributed by atoms with van der Waals surface area (Å²) in [7, 11) is 0. The molecule has 2 heterocycles. The molecule has 0 saturated carbocycles. The number of benzene rings is 4. The average Bonchev–Trinajstić information content (AvgIpc) is 3.24. The van der Waals surface area contributed by atoms with Crippen molar-refractivity contribution in [1.82, 2.24) is 10.6 Å². The van der Waals surface area contributed by atoms with Crippen molar-refractivity contribution >= 4 is 28.3 Å². The number of amides is 1. The lowest BCUT2D eigenvalue weighted by molar-refractivity contribution is -0.288. The number of anilines is 1. The molecule has 3 aromatic rings. The Hall–Kier alpha value is -5.23. The third-order valence-corrected chi connectivity index (χ3v) is 10.2. The van der Waals surface area contributed by atoms with E-state index >= 15 is 0 Å². The van der Waals surface area contributed by atoms with Crippen molar-refractivity contribution in [2.75, 3.05) is 65.0 Å². The zero-order valence-corrected chi connectivity index (χ0v) is 36.6. The summed E-state index contributed by atoms with van der Waals surface area (Å²) in [4.78, 5) is 38.3. The molecule has 6 rings (SSSR count). The summed E-state index contributed by atoms with van der Waals surface area (Å²) in [5.41, 5.74) is 8.92. The van der Waals surface area contributed by atoms with E-state index in [1.54, 1.807) is 42.5 Å². The van der Waals surface area contributed by atoms with E-state index in [-0.39, 0.29) is 50.0 Å². The minimum absolute atomic E-state index is 0.0461. The number of nitrogen functional groups attached to an aromatic ring is 1. The third kappa shape index (κ3) is 13.6. The van der Waals surface area contributed by atoms with Crippen molar-refractivity contribution in [3.8, 4) is 33.9 Å². The summed E-state index contributed by atoms with van der Waals surface area (Å²) in [6.07, 6.45) is -3.64. The molecule has 1 saturated heterocycles. The highest BCUT2D eigenvalue weighted by Gasteiger charge is 2.48. The highest BCUT2D eigenvalue weighted by Crippen LogP contribution is 2.43. The van der Waals surface area contributed by atoms with Crippen LogP contribution >= 0.6 is 0 Å². The fraction of sp³-hybridized carbons (Fsp3) is 0.438. The monoisotopic (exact) mass is 871 g/mol. The van der Waals surface area contributed by atoms with Gasteiger partial charge in [-0.25, -0.2) is 0 Å². The predicted molar refractivity (Wildman–Crippen MR) is 240 cm³/mol. The Kier molecular flexibility index (Phi) is 18.2. The number of hydrogen-bond acceptors (Lipinski definition) is 14. The second-order valence-corrected chi connectivity index (χ2v) is 16.3. The van der Waals surface area contributed by atoms with E-state index in [1.807, 2.05) is 51.1 Å². The molecule has 1 aliphatic carbocycles. The Morgan fingerprint density at radius 3 is 2.19 bits per heavy atom. The molecule has 3 aliphatic rings. The number of aliphatic hydroxyl groups is 3. The minimum atomic E-state index is -1.55. The number of Topliss-reactive ketones (excluding diaryl/α,β-unsaturated/α-hetero) is 1. The van der Waals surface area contributed by atoms with Crippen molar-refractivity contribution in [3.63, 3.8) is 0 Å². The van der Waals surface area contributed by atoms with Gasteiger partial charge >= 0.3 is 0 Å². The number of carbonyl (C=O) groups is 2. The topological polar surface area (TPSA) is 221 Å². The lowest BCUT2D eigenvalue weighted by Crippen LogP contribution is -2.59. The first kappa shape index (κ1) is 48.8. The van der Waals surface area contributed by atoms with Crippen LogP contribution in [0.1, 0.15) is 51.4 Å². The van der Waals surface area contributed by atoms with E-state index in [9.17, 15) is 29.7 Å². The van der Waals surface area contributed by atoms with Gasteiger partial charge in [-0.2, -0.15) is 0 Å². The minimum Gasteiger partial charge on any atom is -0.457 e. The van der Waals surface area contributed by atoms with Crippen molar-refractivity contribution in [2.45, 2.75) is 65.6 Å². The van der Waals surface area contributed by atoms with Gasteiger partial charge in [-0.1, -0.05) is 65.3 Å². The summed E-state index contributed by atoms with van der Waals surface area (Å²) < 4.78 is 34.4. The second-order valence-electron chi connectivity index (χ2n) is 16.3. The van der Waals surface area contributed by atoms with Crippen LogP contribution in [0.15, 0.2) is 94.1 Å². The molecule has 5 atom stereocenters. The van der Waals surface area contributed by atoms with Gasteiger partial charge in [0.15, 0.2) is 17.5 Å². The number of nitrogens with two attached hydrogens (primary N) is 1. The number of carbonyl (C=O) groups excluding carboxylic acids is 2. The van der Waals surface area contributed by atoms with Crippen molar-refractivity contribution in [2.24, 2.45) is 11.3 Å². The largest absolute Gasteiger partial charge is 0.457 e. The standard InChI is InChI=1S/C45H53N3O12.C3H8/c1-45(2,3)41-38(60-44(54)43(53)42(41)52)25-57-26-39(51)48-17-19-56-21-20-55-18-16-47-24-35(50)31-6-4-5-7-32(31)40-33-14-10-28(49)22-36(33)59-37-23-30(13-15-34(37)40)58-29-11-8-27(46)9-12-29;1-3-2/h4-15,22-23,38,41-44,47,52-54H,16-21,24-26,46H2,1-3H3,(H,48,51);3H2,1-2H3. The molecule has 0 radical (unpaired) electrons. The molecular weight excluding hydrogens is 811 g/mol. The highest BCUT2D eigenvalue weighted by molar-refractivity contribution is 6.10. The van der Waals surface area contributed by atoms with Gasteiger partial charge in [0.05, 0.1) is 51.8 Å². The maximum atomic E-state index is 13.6. The highest BCUT2D eigenvalue weighted by atomic mass is 16.6. The molecule has 340 valence electrons. The number of hydrogen-bond donors (Lipinski definition) is 6. The quantitative estimate of drug-likeness (QED) is 0.0265. The van der Waals surface area contributed by atoms with Crippen LogP contribution in [0.4, 0.5) is 5.69 Å². The lowest BCUT2D eigenvalue weighted by atomic mass is 9.71. The Balaban J connectivity index is 0.00000242. The SMILES string of the molecule is CC(C)(C)C1C(COCC(=O)NCCOCCOCCNCC(=O)c2ccccc2-c2c3ccc(=O)cc-3oc3cc(Oc4ccc(N)cc4)ccc23)OC(O)C(O)C1O.CCC. The Morgan fingerprint density at radius 2 is 1.48 bits per heavy atom. The zero-order chi connectivity index (χ0) is 45.5. The fourth-order valence-corrected chi connectivity index (χ4v) is 7.32. The molecule has 0 bridgehead atoms. The molecule has 63 heavy (non-hydrogen) atoms. The Morgan fingerprint density at radius 1 is 0.794 bits per heavy atom. The van der Waals surface area contributed by atoms with Crippen LogP contribution in [-0.2, 0) is 23.7 Å². The Bertz CT molecular complexity index is 2260. The second kappa shape index (κ2) is 23.5. The van der Waals surface area contributed by atoms with Crippen LogP contribution in [0.2, 0.25) is 0 Å². The van der Waals surface area contributed by atoms with Crippen molar-refractivity contribution < 1.29 is 53.0 Å². The van der Waals surface area contributed by atoms with E-state index in [0.29, 0.717) is 71.6 Å². The molecule has 15 heteroatoms. The van der Waals surface area contributed by atoms with Crippen LogP contribution in [-0.4, -0.2) is 111 Å². The molecule has 0 spiro atoms. The maximum Gasteiger partial charge on any atom is 0.246 e. The van der Waals surface area contributed by atoms with Crippen LogP contribution < -0.4 is 26.5 Å². The summed E-state index contributed by atoms with van der Waals surface area (Å²) >= 11 is 0. The van der Waals surface area contributed by atoms with Gasteiger partial charge in [0.2, 0.25) is 5.91 Å². The molecule has 7 N–H and O–H groups in total. The predicted octanol–water partition coefficient (Wildman–Crippen LogP) is 5.40. The van der Waals surface area contributed by atoms with E-state index in [1.165, 1.54) is 18.6 Å². The molecule has 1 amide bonds. The number of ether oxygens (including phenoxy) is 5. The third-order valence-electron chi connectivity index (χ3n) is 10.2. The molecule has 0 aromatic heterocycles. The maximum absolute atomic E-state index is 13.6. The summed E-state index contributed by atoms with van der Waals surface area (Å²) in [6.45, 7) is 11.6. The summed E-state index contributed by atoms with van der Waals surface area (Å²) in [5.74, 6) is 0.501. The summed E-state index contributed by atoms with van der Waals surface area (Å²) in [5, 5.41) is 37.1. The molecule has 1 fully saturated rings. The van der Waals surface area contributed by atoms with Gasteiger partial charge in [0, 0.05) is 58.9 Å². The molecule has 15 nitrogen and oxygen atoms in total. The average molecular weight is 872 g/mol. The van der Waals surface area contributed by atoms with Crippen molar-refractivity contribution in [1.29, 1.82) is 0 Å². The number of ketones is 1. The van der Waals surface area contributed by atoms with Gasteiger partial charge in [-0.15, -0.1) is 0 Å². The van der Waals surface area contributed by atoms with E-state index < -0.39 is 35.9 Å². The zero-order valence-electron chi connectivity index (χ0n) is 36.6. The van der Waals surface area contributed by atoms with Gasteiger partial charge in [-0.3, -0.25) is 14.4 Å². The molecule has 2 aliphatic heterocycles. The number of aliphatic hydroxyl groups excluding tert-OH is 3. The van der Waals surface area contributed by atoms with Crippen LogP contribution in [0, 0.1) is 11.3 Å². The first-order chi connectivity index (χ1) is 30.2. The first-order valence-corrected chi connectivity index (χ1v) is 21.3. The van der Waals surface area contributed by atoms with Gasteiger partial charge in [0.25, 0.3) is 0 Å². The van der Waals surface area contributed by atoms with Gasteiger partial charge in [0.1, 0.15) is 35.6 Å². The molecule has 5 unspecified atom stereocenters. The molecular formula is C48H61N3O12. The molecule has 3 aromatic carbocycles. The normalized spacial score (nSPS) is 18.8. The van der Waals surface area contributed by atoms with E-state index in [4.69, 9.17) is 33.8 Å². The number of rotatable bonds is 19. The van der Waals surface area contributed by atoms with Crippen molar-refractivity contribution in [3.05, 3.63) is 101 Å². The van der Waals surface area contributed by atoms with E-state index in [0.717, 1.165) is 10.9 Å². The van der Waals surface area contributed by atoms with Gasteiger partial charge in [-0.05, 0) is 59.5 Å². The van der Waals surface area contributed by atoms with Crippen LogP contribution in [0.25, 0.3) is 33.4 Å². The number of nitrogens with one attached hydrogen (secondary N) is 2. The number of fused-ring (bicyclic) bond motifs is 2. The van der Waals surface area contributed by atoms with Crippen LogP contribution in [0.3, 0.4) is 0 Å². The Labute approximate surface area is 367 Å².